The SMILES string of the molecule is CNCCC(=O)OCc1ccccc1C(=O)O[C@@](Cn1cncn1)(c1ccc(F)cc1F)[C@@H](C)S[C@H]1CO[C@H](/C=C/C=C/c2ccc(C#N)cc2F)OC1. The fourth-order valence-electron chi connectivity index (χ4n) is 5.65. The van der Waals surface area contributed by atoms with Crippen molar-refractivity contribution in [3.8, 4) is 6.07 Å². The molecule has 2 heterocycles. The number of rotatable bonds is 16. The minimum Gasteiger partial charge on any atom is -0.461 e. The van der Waals surface area contributed by atoms with Crippen LogP contribution in [0.5, 0.6) is 0 Å². The van der Waals surface area contributed by atoms with E-state index in [1.165, 1.54) is 53.4 Å². The molecule has 1 aromatic heterocycles. The number of ether oxygens (including phenoxy) is 4. The molecule has 0 saturated carbocycles. The highest BCUT2D eigenvalue weighted by Crippen LogP contribution is 2.42. The molecule has 1 fully saturated rings. The van der Waals surface area contributed by atoms with Crippen LogP contribution in [0.25, 0.3) is 6.08 Å². The number of hydrogen-bond acceptors (Lipinski definition) is 11. The molecule has 0 bridgehead atoms. The molecule has 5 rings (SSSR count). The van der Waals surface area contributed by atoms with E-state index in [0.717, 1.165) is 18.2 Å². The van der Waals surface area contributed by atoms with E-state index in [2.05, 4.69) is 15.4 Å². The van der Waals surface area contributed by atoms with Crippen molar-refractivity contribution in [3.05, 3.63) is 137 Å². The van der Waals surface area contributed by atoms with E-state index in [9.17, 15) is 18.4 Å². The predicted octanol–water partition coefficient (Wildman–Crippen LogP) is 6.11. The molecule has 0 spiro atoms. The first-order valence-corrected chi connectivity index (χ1v) is 17.9. The normalized spacial score (nSPS) is 17.6. The van der Waals surface area contributed by atoms with E-state index in [1.54, 1.807) is 56.5 Å². The van der Waals surface area contributed by atoms with Crippen LogP contribution in [0.3, 0.4) is 0 Å². The summed E-state index contributed by atoms with van der Waals surface area (Å²) in [7, 11) is 1.71. The topological polar surface area (TPSA) is 138 Å². The smallest absolute Gasteiger partial charge is 0.339 e. The van der Waals surface area contributed by atoms with Gasteiger partial charge in [0.05, 0.1) is 48.6 Å². The summed E-state index contributed by atoms with van der Waals surface area (Å²) >= 11 is 1.33. The van der Waals surface area contributed by atoms with E-state index >= 15 is 4.39 Å². The van der Waals surface area contributed by atoms with Crippen molar-refractivity contribution >= 4 is 29.8 Å². The summed E-state index contributed by atoms with van der Waals surface area (Å²) < 4.78 is 69.4. The standard InChI is InChI=1S/C39H38F3N5O6S/c1-26(54-31-21-51-37(52-22-31)10-6-4-7-28-12-11-27(19-43)17-34(28)41)39(23-47-25-45-24-46-47,33-14-13-30(40)18-35(33)42)53-38(49)32-9-5-3-8-29(32)20-50-36(48)15-16-44-2/h3-14,17-18,24-26,31,37,44H,15-16,20-23H2,1-2H3/b7-4+,10-6+/t26-,31-,37-,39-/m1/s1. The minimum atomic E-state index is -1.79. The Balaban J connectivity index is 1.36. The highest BCUT2D eigenvalue weighted by molar-refractivity contribution is 8.00. The molecule has 15 heteroatoms. The first-order chi connectivity index (χ1) is 26.1. The third kappa shape index (κ3) is 10.4. The first-order valence-electron chi connectivity index (χ1n) is 16.9. The molecule has 1 aliphatic heterocycles. The number of nitrogens with one attached hydrogen (secondary N) is 1. The van der Waals surface area contributed by atoms with Crippen LogP contribution < -0.4 is 5.32 Å². The van der Waals surface area contributed by atoms with Gasteiger partial charge in [0.2, 0.25) is 0 Å². The largest absolute Gasteiger partial charge is 0.461 e. The number of aromatic nitrogens is 3. The Hall–Kier alpha value is -5.27. The summed E-state index contributed by atoms with van der Waals surface area (Å²) in [5.74, 6) is -3.56. The van der Waals surface area contributed by atoms with Gasteiger partial charge in [-0.1, -0.05) is 42.5 Å². The lowest BCUT2D eigenvalue weighted by Crippen LogP contribution is -2.47. The lowest BCUT2D eigenvalue weighted by atomic mass is 9.89. The van der Waals surface area contributed by atoms with Gasteiger partial charge in [0, 0.05) is 34.6 Å². The zero-order valence-corrected chi connectivity index (χ0v) is 30.3. The highest BCUT2D eigenvalue weighted by atomic mass is 32.2. The third-order valence-electron chi connectivity index (χ3n) is 8.46. The van der Waals surface area contributed by atoms with Crippen molar-refractivity contribution in [2.45, 2.75) is 48.9 Å². The van der Waals surface area contributed by atoms with Crippen molar-refractivity contribution in [2.24, 2.45) is 0 Å². The van der Waals surface area contributed by atoms with Gasteiger partial charge in [-0.15, -0.1) is 11.8 Å². The maximum absolute atomic E-state index is 15.9. The molecule has 0 unspecified atom stereocenters. The van der Waals surface area contributed by atoms with E-state index in [4.69, 9.17) is 24.2 Å². The Kier molecular flexibility index (Phi) is 14.2. The van der Waals surface area contributed by atoms with E-state index in [1.807, 2.05) is 6.07 Å². The van der Waals surface area contributed by atoms with Crippen molar-refractivity contribution in [2.75, 3.05) is 26.8 Å². The number of carbonyl (C=O) groups is 2. The van der Waals surface area contributed by atoms with Crippen molar-refractivity contribution < 1.29 is 41.7 Å². The number of halogens is 3. The number of carbonyl (C=O) groups excluding carboxylic acids is 2. The number of esters is 2. The predicted molar refractivity (Wildman–Crippen MR) is 194 cm³/mol. The molecule has 4 aromatic rings. The molecule has 2 atom stereocenters. The molecule has 1 aliphatic rings. The Morgan fingerprint density at radius 3 is 2.61 bits per heavy atom. The van der Waals surface area contributed by atoms with Crippen LogP contribution in [0, 0.1) is 28.8 Å². The average Bonchev–Trinajstić information content (AvgIpc) is 3.68. The number of thioether (sulfide) groups is 1. The summed E-state index contributed by atoms with van der Waals surface area (Å²) in [6, 6.07) is 15.6. The second-order valence-electron chi connectivity index (χ2n) is 12.2. The molecule has 3 aromatic carbocycles. The minimum absolute atomic E-state index is 0.0901. The zero-order valence-electron chi connectivity index (χ0n) is 29.5. The van der Waals surface area contributed by atoms with Crippen LogP contribution >= 0.6 is 11.8 Å². The van der Waals surface area contributed by atoms with Crippen LogP contribution in [-0.2, 0) is 42.5 Å². The summed E-state index contributed by atoms with van der Waals surface area (Å²) in [6.07, 6.45) is 8.59. The van der Waals surface area contributed by atoms with Gasteiger partial charge in [-0.3, -0.25) is 4.79 Å². The molecule has 54 heavy (non-hydrogen) atoms. The number of nitriles is 1. The molecular formula is C39H38F3N5O6S. The Morgan fingerprint density at radius 2 is 1.91 bits per heavy atom. The number of hydrogen-bond donors (Lipinski definition) is 1. The molecule has 0 amide bonds. The van der Waals surface area contributed by atoms with Gasteiger partial charge in [-0.2, -0.15) is 10.4 Å². The van der Waals surface area contributed by atoms with E-state index in [0.29, 0.717) is 17.7 Å². The molecular weight excluding hydrogens is 724 g/mol. The number of nitrogens with zero attached hydrogens (tertiary/aromatic N) is 4. The van der Waals surface area contributed by atoms with Crippen LogP contribution in [0.4, 0.5) is 13.2 Å². The number of benzene rings is 3. The Labute approximate surface area is 314 Å². The Morgan fingerprint density at radius 1 is 1.11 bits per heavy atom. The fourth-order valence-corrected chi connectivity index (χ4v) is 7.01. The highest BCUT2D eigenvalue weighted by Gasteiger charge is 2.47. The first kappa shape index (κ1) is 39.9. The number of allylic oxidation sites excluding steroid dienone is 2. The van der Waals surface area contributed by atoms with Gasteiger partial charge in [0.1, 0.15) is 36.7 Å². The van der Waals surface area contributed by atoms with Gasteiger partial charge in [-0.25, -0.2) is 27.6 Å². The molecule has 1 saturated heterocycles. The van der Waals surface area contributed by atoms with Crippen molar-refractivity contribution in [3.63, 3.8) is 0 Å². The van der Waals surface area contributed by atoms with E-state index < -0.39 is 46.5 Å². The van der Waals surface area contributed by atoms with E-state index in [-0.39, 0.29) is 54.7 Å². The van der Waals surface area contributed by atoms with Gasteiger partial charge in [-0.05, 0) is 50.4 Å². The van der Waals surface area contributed by atoms with Crippen LogP contribution in [-0.4, -0.2) is 70.3 Å². The molecule has 0 aliphatic carbocycles. The lowest BCUT2D eigenvalue weighted by Gasteiger charge is -2.40. The van der Waals surface area contributed by atoms with Crippen molar-refractivity contribution in [1.82, 2.24) is 20.1 Å². The van der Waals surface area contributed by atoms with Crippen LogP contribution in [0.15, 0.2) is 91.5 Å². The fraction of sp³-hybridized carbons (Fsp3) is 0.308. The van der Waals surface area contributed by atoms with Crippen LogP contribution in [0.1, 0.15) is 46.0 Å². The molecule has 1 N–H and O–H groups in total. The maximum Gasteiger partial charge on any atom is 0.339 e. The summed E-state index contributed by atoms with van der Waals surface area (Å²) in [5.41, 5.74) is -0.867. The maximum atomic E-state index is 15.9. The summed E-state index contributed by atoms with van der Waals surface area (Å²) in [6.45, 7) is 2.20. The molecule has 11 nitrogen and oxygen atoms in total. The van der Waals surface area contributed by atoms with Gasteiger partial charge in [0.25, 0.3) is 0 Å². The van der Waals surface area contributed by atoms with Crippen LogP contribution in [0.2, 0.25) is 0 Å². The Bertz CT molecular complexity index is 2000. The average molecular weight is 762 g/mol. The third-order valence-corrected chi connectivity index (χ3v) is 9.91. The van der Waals surface area contributed by atoms with Gasteiger partial charge >= 0.3 is 11.9 Å². The second-order valence-corrected chi connectivity index (χ2v) is 13.8. The molecule has 282 valence electrons. The lowest BCUT2D eigenvalue weighted by molar-refractivity contribution is -0.146. The monoisotopic (exact) mass is 761 g/mol. The second kappa shape index (κ2) is 19.2. The quantitative estimate of drug-likeness (QED) is 0.105. The summed E-state index contributed by atoms with van der Waals surface area (Å²) in [4.78, 5) is 30.4. The van der Waals surface area contributed by atoms with Gasteiger partial charge in [0.15, 0.2) is 11.9 Å². The zero-order chi connectivity index (χ0) is 38.5. The van der Waals surface area contributed by atoms with Crippen molar-refractivity contribution in [1.29, 1.82) is 5.26 Å². The van der Waals surface area contributed by atoms with Gasteiger partial charge < -0.3 is 24.3 Å². The summed E-state index contributed by atoms with van der Waals surface area (Å²) in [5, 5.41) is 15.0. The molecule has 0 radical (unpaired) electrons.